The van der Waals surface area contributed by atoms with Crippen LogP contribution >= 0.6 is 12.2 Å². The first-order valence-corrected chi connectivity index (χ1v) is 9.20. The molecule has 0 fully saturated rings. The van der Waals surface area contributed by atoms with Crippen molar-refractivity contribution in [1.29, 1.82) is 0 Å². The van der Waals surface area contributed by atoms with Crippen LogP contribution in [0.5, 0.6) is 11.6 Å². The number of benzene rings is 1. The van der Waals surface area contributed by atoms with Gasteiger partial charge in [-0.15, -0.1) is 0 Å². The minimum atomic E-state index is -0.146. The third-order valence-corrected chi connectivity index (χ3v) is 4.29. The Hall–Kier alpha value is -3.20. The first-order chi connectivity index (χ1) is 13.6. The summed E-state index contributed by atoms with van der Waals surface area (Å²) >= 11 is 5.31. The topological polar surface area (TPSA) is 94.1 Å². The molecule has 0 radical (unpaired) electrons. The second kappa shape index (κ2) is 9.14. The van der Waals surface area contributed by atoms with Crippen LogP contribution < -0.4 is 14.8 Å². The van der Waals surface area contributed by atoms with E-state index in [1.54, 1.807) is 22.9 Å². The zero-order valence-electron chi connectivity index (χ0n) is 15.6. The molecule has 3 aromatic rings. The Labute approximate surface area is 167 Å². The van der Waals surface area contributed by atoms with E-state index in [0.29, 0.717) is 35.3 Å². The van der Waals surface area contributed by atoms with Crippen LogP contribution in [-0.2, 0) is 11.3 Å². The first-order valence-electron chi connectivity index (χ1n) is 8.79. The van der Waals surface area contributed by atoms with Gasteiger partial charge in [0.05, 0.1) is 25.6 Å². The van der Waals surface area contributed by atoms with Gasteiger partial charge in [-0.05, 0) is 49.5 Å². The fourth-order valence-electron chi connectivity index (χ4n) is 2.62. The second-order valence-corrected chi connectivity index (χ2v) is 6.24. The molecule has 28 heavy (non-hydrogen) atoms. The van der Waals surface area contributed by atoms with Gasteiger partial charge in [0.15, 0.2) is 10.6 Å². The third-order valence-electron chi connectivity index (χ3n) is 3.97. The van der Waals surface area contributed by atoms with E-state index in [1.165, 1.54) is 7.11 Å². The third kappa shape index (κ3) is 4.74. The molecule has 9 heteroatoms. The van der Waals surface area contributed by atoms with E-state index in [4.69, 9.17) is 21.7 Å². The fraction of sp³-hybridized carbons (Fsp3) is 0.263. The standard InChI is InChI=1S/C19H21N5O3S/c1-3-27-15-7-4-13(5-8-15)18-22-23-19(28)24(18)11-10-16(25)21-14-6-9-17(26-2)20-12-14/h4-9,12H,3,10-11H2,1-2H3,(H,21,25)(H,23,28). The van der Waals surface area contributed by atoms with Crippen molar-refractivity contribution in [3.05, 3.63) is 47.4 Å². The average Bonchev–Trinajstić information content (AvgIpc) is 3.08. The van der Waals surface area contributed by atoms with Crippen LogP contribution in [0.2, 0.25) is 0 Å². The molecule has 0 spiro atoms. The van der Waals surface area contributed by atoms with E-state index < -0.39 is 0 Å². The van der Waals surface area contributed by atoms with Gasteiger partial charge >= 0.3 is 0 Å². The summed E-state index contributed by atoms with van der Waals surface area (Å²) in [5.41, 5.74) is 1.49. The van der Waals surface area contributed by atoms with Crippen LogP contribution in [0.4, 0.5) is 5.69 Å². The van der Waals surface area contributed by atoms with Crippen molar-refractivity contribution in [2.24, 2.45) is 0 Å². The summed E-state index contributed by atoms with van der Waals surface area (Å²) in [5, 5.41) is 9.89. The predicted octanol–water partition coefficient (Wildman–Crippen LogP) is 3.44. The molecule has 2 heterocycles. The zero-order valence-corrected chi connectivity index (χ0v) is 16.5. The van der Waals surface area contributed by atoms with Gasteiger partial charge in [-0.1, -0.05) is 0 Å². The van der Waals surface area contributed by atoms with Gasteiger partial charge in [-0.25, -0.2) is 4.98 Å². The lowest BCUT2D eigenvalue weighted by Crippen LogP contribution is -2.15. The molecule has 0 aliphatic heterocycles. The van der Waals surface area contributed by atoms with Gasteiger partial charge in [-0.3, -0.25) is 14.5 Å². The molecule has 0 unspecified atom stereocenters. The SMILES string of the molecule is CCOc1ccc(-c2n[nH]c(=S)n2CCC(=O)Nc2ccc(OC)nc2)cc1. The van der Waals surface area contributed by atoms with E-state index >= 15 is 0 Å². The van der Waals surface area contributed by atoms with Crippen LogP contribution in [0.25, 0.3) is 11.4 Å². The highest BCUT2D eigenvalue weighted by molar-refractivity contribution is 7.71. The number of pyridine rings is 1. The highest BCUT2D eigenvalue weighted by atomic mass is 32.1. The second-order valence-electron chi connectivity index (χ2n) is 5.85. The van der Waals surface area contributed by atoms with Crippen molar-refractivity contribution in [2.75, 3.05) is 19.0 Å². The smallest absolute Gasteiger partial charge is 0.226 e. The Morgan fingerprint density at radius 3 is 2.68 bits per heavy atom. The van der Waals surface area contributed by atoms with E-state index in [0.717, 1.165) is 11.3 Å². The van der Waals surface area contributed by atoms with Crippen LogP contribution in [0.15, 0.2) is 42.6 Å². The van der Waals surface area contributed by atoms with Crippen molar-refractivity contribution in [3.63, 3.8) is 0 Å². The number of ether oxygens (including phenoxy) is 2. The van der Waals surface area contributed by atoms with Crippen molar-refractivity contribution < 1.29 is 14.3 Å². The molecule has 0 bridgehead atoms. The minimum Gasteiger partial charge on any atom is -0.494 e. The molecule has 146 valence electrons. The van der Waals surface area contributed by atoms with Gasteiger partial charge in [0.25, 0.3) is 0 Å². The van der Waals surface area contributed by atoms with Crippen molar-refractivity contribution in [2.45, 2.75) is 19.9 Å². The van der Waals surface area contributed by atoms with Crippen molar-refractivity contribution in [3.8, 4) is 23.0 Å². The fourth-order valence-corrected chi connectivity index (χ4v) is 2.85. The van der Waals surface area contributed by atoms with Crippen LogP contribution in [0, 0.1) is 4.77 Å². The Balaban J connectivity index is 1.66. The number of carbonyl (C=O) groups is 1. The maximum atomic E-state index is 12.3. The molecule has 2 N–H and O–H groups in total. The Morgan fingerprint density at radius 1 is 1.25 bits per heavy atom. The summed E-state index contributed by atoms with van der Waals surface area (Å²) in [4.78, 5) is 16.3. The molecule has 0 aliphatic rings. The van der Waals surface area contributed by atoms with Crippen LogP contribution in [0.1, 0.15) is 13.3 Å². The van der Waals surface area contributed by atoms with Gasteiger partial charge in [-0.2, -0.15) is 5.10 Å². The number of nitrogens with zero attached hydrogens (tertiary/aromatic N) is 3. The number of H-pyrrole nitrogens is 1. The van der Waals surface area contributed by atoms with E-state index in [2.05, 4.69) is 20.5 Å². The number of nitrogens with one attached hydrogen (secondary N) is 2. The molecule has 0 saturated carbocycles. The number of hydrogen-bond donors (Lipinski definition) is 2. The zero-order chi connectivity index (χ0) is 19.9. The average molecular weight is 399 g/mol. The Kier molecular flexibility index (Phi) is 6.38. The summed E-state index contributed by atoms with van der Waals surface area (Å²) in [6.07, 6.45) is 1.79. The molecule has 1 aromatic carbocycles. The normalized spacial score (nSPS) is 10.5. The van der Waals surface area contributed by atoms with Crippen LogP contribution in [0.3, 0.4) is 0 Å². The summed E-state index contributed by atoms with van der Waals surface area (Å²) in [6.45, 7) is 2.94. The summed E-state index contributed by atoms with van der Waals surface area (Å²) in [5.74, 6) is 1.81. The number of rotatable bonds is 8. The summed E-state index contributed by atoms with van der Waals surface area (Å²) in [6, 6.07) is 11.0. The molecule has 0 atom stereocenters. The van der Waals surface area contributed by atoms with E-state index in [9.17, 15) is 4.79 Å². The lowest BCUT2D eigenvalue weighted by atomic mass is 10.2. The van der Waals surface area contributed by atoms with Gasteiger partial charge in [0, 0.05) is 24.6 Å². The minimum absolute atomic E-state index is 0.146. The number of amides is 1. The Morgan fingerprint density at radius 2 is 2.04 bits per heavy atom. The van der Waals surface area contributed by atoms with Gasteiger partial charge in [0.1, 0.15) is 5.75 Å². The van der Waals surface area contributed by atoms with E-state index in [1.807, 2.05) is 31.2 Å². The molecule has 2 aromatic heterocycles. The van der Waals surface area contributed by atoms with Crippen LogP contribution in [-0.4, -0.2) is 39.4 Å². The number of anilines is 1. The molecule has 3 rings (SSSR count). The monoisotopic (exact) mass is 399 g/mol. The number of aromatic amines is 1. The molecule has 0 saturated heterocycles. The molecular weight excluding hydrogens is 378 g/mol. The quantitative estimate of drug-likeness (QED) is 0.564. The summed E-state index contributed by atoms with van der Waals surface area (Å²) < 4.78 is 12.7. The highest BCUT2D eigenvalue weighted by Crippen LogP contribution is 2.21. The summed E-state index contributed by atoms with van der Waals surface area (Å²) in [7, 11) is 1.54. The predicted molar refractivity (Wildman–Crippen MR) is 108 cm³/mol. The number of hydrogen-bond acceptors (Lipinski definition) is 6. The maximum Gasteiger partial charge on any atom is 0.226 e. The first kappa shape index (κ1) is 19.6. The molecular formula is C19H21N5O3S. The number of methoxy groups -OCH3 is 1. The largest absolute Gasteiger partial charge is 0.494 e. The Bertz CT molecular complexity index is 980. The molecule has 1 amide bonds. The lowest BCUT2D eigenvalue weighted by Gasteiger charge is -2.09. The van der Waals surface area contributed by atoms with Crippen molar-refractivity contribution in [1.82, 2.24) is 19.7 Å². The van der Waals surface area contributed by atoms with Gasteiger partial charge in [0.2, 0.25) is 11.8 Å². The van der Waals surface area contributed by atoms with Gasteiger partial charge < -0.3 is 14.8 Å². The highest BCUT2D eigenvalue weighted by Gasteiger charge is 2.11. The lowest BCUT2D eigenvalue weighted by molar-refractivity contribution is -0.116. The van der Waals surface area contributed by atoms with Crippen molar-refractivity contribution >= 4 is 23.8 Å². The van der Waals surface area contributed by atoms with E-state index in [-0.39, 0.29) is 12.3 Å². The maximum absolute atomic E-state index is 12.3. The molecule has 8 nitrogen and oxygen atoms in total. The molecule has 0 aliphatic carbocycles. The number of carbonyl (C=O) groups excluding carboxylic acids is 1. The number of aromatic nitrogens is 4.